The van der Waals surface area contributed by atoms with E-state index in [4.69, 9.17) is 18.9 Å². The molecule has 0 spiro atoms. The Balaban J connectivity index is 0.000000247. The van der Waals surface area contributed by atoms with Crippen LogP contribution >= 0.6 is 0 Å². The molecule has 16 nitrogen and oxygen atoms in total. The maximum atomic E-state index is 13.6. The topological polar surface area (TPSA) is 204 Å². The smallest absolute Gasteiger partial charge is 0.220 e. The van der Waals surface area contributed by atoms with E-state index in [1.807, 2.05) is 62.4 Å². The van der Waals surface area contributed by atoms with Gasteiger partial charge < -0.3 is 29.2 Å². The van der Waals surface area contributed by atoms with Crippen molar-refractivity contribution in [2.24, 2.45) is 0 Å². The van der Waals surface area contributed by atoms with Crippen LogP contribution in [0, 0.1) is 13.8 Å². The highest BCUT2D eigenvalue weighted by atomic mass is 32.2. The van der Waals surface area contributed by atoms with Gasteiger partial charge >= 0.3 is 0 Å². The van der Waals surface area contributed by atoms with Crippen LogP contribution < -0.4 is 18.9 Å². The average molecular weight is 943 g/mol. The van der Waals surface area contributed by atoms with Crippen molar-refractivity contribution in [1.82, 2.24) is 28.5 Å². The lowest BCUT2D eigenvalue weighted by Gasteiger charge is -2.28. The van der Waals surface area contributed by atoms with Crippen LogP contribution in [0.2, 0.25) is 0 Å². The molecule has 18 heteroatoms. The summed E-state index contributed by atoms with van der Waals surface area (Å²) in [6.07, 6.45) is 3.47. The summed E-state index contributed by atoms with van der Waals surface area (Å²) in [7, 11) is -1.59. The fourth-order valence-electron chi connectivity index (χ4n) is 6.54. The minimum absolute atomic E-state index is 0.0746. The van der Waals surface area contributed by atoms with E-state index in [0.29, 0.717) is 23.0 Å². The van der Waals surface area contributed by atoms with Gasteiger partial charge in [0, 0.05) is 51.0 Å². The molecule has 66 heavy (non-hydrogen) atoms. The fourth-order valence-corrected chi connectivity index (χ4v) is 9.69. The average Bonchev–Trinajstić information content (AvgIpc) is 3.34. The molecule has 2 N–H and O–H groups in total. The normalized spacial score (nSPS) is 13.5. The van der Waals surface area contributed by atoms with E-state index in [1.165, 1.54) is 22.5 Å². The van der Waals surface area contributed by atoms with Gasteiger partial charge in [-0.25, -0.2) is 36.8 Å². The molecule has 0 aliphatic rings. The summed E-state index contributed by atoms with van der Waals surface area (Å²) in [6, 6.07) is 28.8. The molecule has 4 aromatic carbocycles. The van der Waals surface area contributed by atoms with E-state index in [9.17, 15) is 27.0 Å². The Bertz CT molecular complexity index is 2360. The van der Waals surface area contributed by atoms with Gasteiger partial charge in [0.15, 0.2) is 11.6 Å². The number of methoxy groups -OCH3 is 4. The standard InChI is InChI=1S/2C24H29N3O5S/c2*1-17-13-25-24(26-14-17)23(28)18(2)33(29,30)27(15-19-5-9-21(31-3)10-6-19)16-20-7-11-22(32-4)12-8-20/h2*5-14,18,23,28H,15-16H2,1-4H3/t2*18-,23-/m10/s1. The lowest BCUT2D eigenvalue weighted by molar-refractivity contribution is 0.162. The van der Waals surface area contributed by atoms with Crippen molar-refractivity contribution in [1.29, 1.82) is 0 Å². The Kier molecular flexibility index (Phi) is 18.1. The molecule has 0 aliphatic carbocycles. The Hall–Kier alpha value is -6.02. The Morgan fingerprint density at radius 1 is 0.439 bits per heavy atom. The molecular formula is C48H58N6O10S2. The van der Waals surface area contributed by atoms with E-state index < -0.39 is 42.8 Å². The second kappa shape index (κ2) is 23.4. The minimum Gasteiger partial charge on any atom is -0.497 e. The van der Waals surface area contributed by atoms with Gasteiger partial charge in [0.1, 0.15) is 45.7 Å². The molecule has 352 valence electrons. The van der Waals surface area contributed by atoms with Gasteiger partial charge in [-0.1, -0.05) is 48.5 Å². The first kappa shape index (κ1) is 51.0. The maximum Gasteiger partial charge on any atom is 0.220 e. The number of ether oxygens (including phenoxy) is 4. The second-order valence-electron chi connectivity index (χ2n) is 15.6. The molecule has 2 aromatic heterocycles. The number of sulfonamides is 2. The summed E-state index contributed by atoms with van der Waals surface area (Å²) in [4.78, 5) is 16.4. The molecule has 4 atom stereocenters. The van der Waals surface area contributed by atoms with Crippen molar-refractivity contribution in [2.75, 3.05) is 28.4 Å². The van der Waals surface area contributed by atoms with Crippen molar-refractivity contribution < 1.29 is 46.0 Å². The van der Waals surface area contributed by atoms with E-state index in [0.717, 1.165) is 33.4 Å². The van der Waals surface area contributed by atoms with Gasteiger partial charge in [-0.2, -0.15) is 8.61 Å². The van der Waals surface area contributed by atoms with Gasteiger partial charge in [0.25, 0.3) is 0 Å². The number of aryl methyl sites for hydroxylation is 2. The Morgan fingerprint density at radius 3 is 0.848 bits per heavy atom. The van der Waals surface area contributed by atoms with Crippen LogP contribution in [-0.4, -0.2) is 94.5 Å². The van der Waals surface area contributed by atoms with E-state index in [-0.39, 0.29) is 37.8 Å². The number of rotatable bonds is 20. The zero-order chi connectivity index (χ0) is 48.0. The first-order valence-corrected chi connectivity index (χ1v) is 23.9. The summed E-state index contributed by atoms with van der Waals surface area (Å²) in [5, 5.41) is 19.2. The number of hydrogen-bond donors (Lipinski definition) is 2. The number of hydrogen-bond acceptors (Lipinski definition) is 14. The first-order valence-electron chi connectivity index (χ1n) is 20.9. The highest BCUT2D eigenvalue weighted by Crippen LogP contribution is 2.28. The van der Waals surface area contributed by atoms with Gasteiger partial charge in [-0.3, -0.25) is 0 Å². The maximum absolute atomic E-state index is 13.6. The molecule has 0 saturated carbocycles. The van der Waals surface area contributed by atoms with Crippen molar-refractivity contribution >= 4 is 20.0 Å². The third-order valence-corrected chi connectivity index (χ3v) is 15.1. The van der Waals surface area contributed by atoms with Gasteiger partial charge in [0.2, 0.25) is 20.0 Å². The molecule has 0 unspecified atom stereocenters. The van der Waals surface area contributed by atoms with Gasteiger partial charge in [-0.15, -0.1) is 0 Å². The summed E-state index contributed by atoms with van der Waals surface area (Å²) in [6.45, 7) is 7.10. The third-order valence-electron chi connectivity index (χ3n) is 10.8. The SMILES string of the molecule is COc1ccc(CN(Cc2ccc(OC)cc2)S(=O)(=O)[C@@H](C)[C@H](O)c2ncc(C)cn2)cc1.COc1ccc(CN(Cc2ccc(OC)cc2)S(=O)(=O)[C@H](C)[C@@H](O)c2ncc(C)cn2)cc1. The van der Waals surface area contributed by atoms with Crippen molar-refractivity contribution in [3.63, 3.8) is 0 Å². The lowest BCUT2D eigenvalue weighted by atomic mass is 10.2. The summed E-state index contributed by atoms with van der Waals surface area (Å²) >= 11 is 0. The van der Waals surface area contributed by atoms with Crippen molar-refractivity contribution in [3.05, 3.63) is 167 Å². The monoisotopic (exact) mass is 942 g/mol. The minimum atomic E-state index is -3.95. The number of aromatic nitrogens is 4. The van der Waals surface area contributed by atoms with Crippen molar-refractivity contribution in [3.8, 4) is 23.0 Å². The zero-order valence-electron chi connectivity index (χ0n) is 38.3. The number of benzene rings is 4. The quantitative estimate of drug-likeness (QED) is 0.0838. The fraction of sp³-hybridized carbons (Fsp3) is 0.333. The van der Waals surface area contributed by atoms with E-state index in [2.05, 4.69) is 19.9 Å². The summed E-state index contributed by atoms with van der Waals surface area (Å²) in [5.74, 6) is 2.88. The molecule has 0 bridgehead atoms. The summed E-state index contributed by atoms with van der Waals surface area (Å²) in [5.41, 5.74) is 4.81. The molecule has 6 aromatic rings. The highest BCUT2D eigenvalue weighted by molar-refractivity contribution is 7.90. The van der Waals surface area contributed by atoms with Crippen LogP contribution in [0.25, 0.3) is 0 Å². The largest absolute Gasteiger partial charge is 0.497 e. The zero-order valence-corrected chi connectivity index (χ0v) is 40.0. The van der Waals surface area contributed by atoms with Crippen LogP contribution in [0.4, 0.5) is 0 Å². The Labute approximate surface area is 388 Å². The lowest BCUT2D eigenvalue weighted by Crippen LogP contribution is -2.40. The first-order chi connectivity index (χ1) is 31.5. The predicted octanol–water partition coefficient (Wildman–Crippen LogP) is 6.51. The molecule has 0 fully saturated rings. The molecular weight excluding hydrogens is 885 g/mol. The second-order valence-corrected chi connectivity index (χ2v) is 20.1. The molecule has 0 radical (unpaired) electrons. The van der Waals surface area contributed by atoms with E-state index >= 15 is 0 Å². The number of aliphatic hydroxyl groups is 2. The molecule has 6 rings (SSSR count). The number of nitrogens with zero attached hydrogens (tertiary/aromatic N) is 6. The molecule has 2 heterocycles. The van der Waals surface area contributed by atoms with Crippen LogP contribution in [-0.2, 0) is 46.2 Å². The van der Waals surface area contributed by atoms with Gasteiger partial charge in [-0.05, 0) is 110 Å². The van der Waals surface area contributed by atoms with Crippen LogP contribution in [0.5, 0.6) is 23.0 Å². The number of aliphatic hydroxyl groups excluding tert-OH is 2. The highest BCUT2D eigenvalue weighted by Gasteiger charge is 2.37. The third kappa shape index (κ3) is 13.5. The molecule has 0 saturated heterocycles. The Morgan fingerprint density at radius 2 is 0.652 bits per heavy atom. The van der Waals surface area contributed by atoms with Crippen LogP contribution in [0.15, 0.2) is 122 Å². The van der Waals surface area contributed by atoms with Crippen LogP contribution in [0.1, 0.15) is 71.1 Å². The van der Waals surface area contributed by atoms with Crippen LogP contribution in [0.3, 0.4) is 0 Å². The van der Waals surface area contributed by atoms with E-state index in [1.54, 1.807) is 102 Å². The molecule has 0 aliphatic heterocycles. The molecule has 0 amide bonds. The van der Waals surface area contributed by atoms with Crippen molar-refractivity contribution in [2.45, 2.75) is 76.6 Å². The van der Waals surface area contributed by atoms with Gasteiger partial charge in [0.05, 0.1) is 28.4 Å². The summed E-state index contributed by atoms with van der Waals surface area (Å²) < 4.78 is 78.0. The predicted molar refractivity (Wildman–Crippen MR) is 251 cm³/mol.